The molecule has 0 spiro atoms. The van der Waals surface area contributed by atoms with Gasteiger partial charge in [-0.15, -0.1) is 0 Å². The van der Waals surface area contributed by atoms with Gasteiger partial charge in [0.1, 0.15) is 0 Å². The van der Waals surface area contributed by atoms with E-state index in [1.54, 1.807) is 30.5 Å². The van der Waals surface area contributed by atoms with Crippen LogP contribution in [0.15, 0.2) is 85.1 Å². The fraction of sp³-hybridized carbons (Fsp3) is 0.0417. The summed E-state index contributed by atoms with van der Waals surface area (Å²) in [4.78, 5) is 31.0. The number of amides is 2. The van der Waals surface area contributed by atoms with Gasteiger partial charge in [-0.05, 0) is 52.9 Å². The summed E-state index contributed by atoms with van der Waals surface area (Å²) in [6, 6.07) is 24.2. The number of hydrogen-bond donors (Lipinski definition) is 2. The van der Waals surface area contributed by atoms with Gasteiger partial charge in [0.05, 0.1) is 16.6 Å². The van der Waals surface area contributed by atoms with Crippen molar-refractivity contribution in [1.82, 2.24) is 15.4 Å². The van der Waals surface area contributed by atoms with Gasteiger partial charge < -0.3 is 5.32 Å². The van der Waals surface area contributed by atoms with Crippen LogP contribution in [-0.2, 0) is 0 Å². The van der Waals surface area contributed by atoms with Gasteiger partial charge in [-0.1, -0.05) is 48.5 Å². The number of carbonyl (C=O) groups excluding carboxylic acids is 2. The topological polar surface area (TPSA) is 74.3 Å². The number of pyridine rings is 1. The molecule has 0 fully saturated rings. The number of para-hydroxylation sites is 2. The van der Waals surface area contributed by atoms with Crippen LogP contribution in [0.1, 0.15) is 32.4 Å². The summed E-state index contributed by atoms with van der Waals surface area (Å²) in [7, 11) is 0. The molecule has 1 aromatic heterocycles. The number of nitrogens with zero attached hydrogens (tertiary/aromatic N) is 2. The molecule has 2 heterocycles. The van der Waals surface area contributed by atoms with Crippen molar-refractivity contribution in [3.8, 4) is 0 Å². The Morgan fingerprint density at radius 2 is 1.74 bits per heavy atom. The maximum absolute atomic E-state index is 13.4. The molecule has 31 heavy (non-hydrogen) atoms. The van der Waals surface area contributed by atoms with Crippen LogP contribution in [0.3, 0.4) is 0 Å². The minimum atomic E-state index is -0.619. The van der Waals surface area contributed by atoms with Crippen molar-refractivity contribution in [2.24, 2.45) is 0 Å². The van der Waals surface area contributed by atoms with E-state index in [2.05, 4.69) is 38.3 Å². The Balaban J connectivity index is 1.61. The monoisotopic (exact) mass is 520 g/mol. The molecule has 0 saturated heterocycles. The van der Waals surface area contributed by atoms with Crippen LogP contribution in [0, 0.1) is 3.57 Å². The Labute approximate surface area is 192 Å². The Bertz CT molecular complexity index is 1320. The molecule has 1 aliphatic rings. The van der Waals surface area contributed by atoms with Crippen LogP contribution in [0.2, 0.25) is 0 Å². The molecular formula is C24H17IN4O2. The average molecular weight is 520 g/mol. The minimum Gasteiger partial charge on any atom is -0.359 e. The summed E-state index contributed by atoms with van der Waals surface area (Å²) < 4.78 is 0.804. The number of anilines is 1. The molecule has 5 rings (SSSR count). The Morgan fingerprint density at radius 1 is 0.968 bits per heavy atom. The summed E-state index contributed by atoms with van der Waals surface area (Å²) in [5.41, 5.74) is 6.10. The van der Waals surface area contributed by atoms with E-state index in [0.717, 1.165) is 20.0 Å². The lowest BCUT2D eigenvalue weighted by atomic mass is 10.0. The highest BCUT2D eigenvalue weighted by molar-refractivity contribution is 14.1. The van der Waals surface area contributed by atoms with Crippen LogP contribution < -0.4 is 10.7 Å². The molecule has 0 aliphatic carbocycles. The van der Waals surface area contributed by atoms with E-state index in [1.165, 1.54) is 5.01 Å². The number of nitrogens with one attached hydrogen (secondary N) is 2. The largest absolute Gasteiger partial charge is 0.359 e. The van der Waals surface area contributed by atoms with Crippen molar-refractivity contribution < 1.29 is 9.59 Å². The molecule has 1 aliphatic heterocycles. The van der Waals surface area contributed by atoms with Gasteiger partial charge in [0.25, 0.3) is 11.8 Å². The number of fused-ring (bicyclic) bond motifs is 2. The molecule has 7 heteroatoms. The molecule has 1 unspecified atom stereocenters. The van der Waals surface area contributed by atoms with Crippen LogP contribution in [-0.4, -0.2) is 21.8 Å². The SMILES string of the molecule is O=C(NN1C(=O)c2ccccc2NC1c1cccc2cccnc12)c1ccccc1I. The summed E-state index contributed by atoms with van der Waals surface area (Å²) >= 11 is 2.11. The standard InChI is InChI=1S/C24H17IN4O2/c25-19-12-3-1-9-16(19)23(30)28-29-22(27-20-13-4-2-10-17(20)24(29)31)18-11-5-7-15-8-6-14-26-21(15)18/h1-14,22,27H,(H,28,30). The van der Waals surface area contributed by atoms with Crippen molar-refractivity contribution in [1.29, 1.82) is 0 Å². The fourth-order valence-corrected chi connectivity index (χ4v) is 4.38. The number of carbonyl (C=O) groups is 2. The molecule has 0 bridgehead atoms. The first-order valence-corrected chi connectivity index (χ1v) is 10.8. The zero-order valence-electron chi connectivity index (χ0n) is 16.2. The normalized spacial score (nSPS) is 15.3. The van der Waals surface area contributed by atoms with Crippen LogP contribution >= 0.6 is 22.6 Å². The Hall–Kier alpha value is -3.46. The Kier molecular flexibility index (Phi) is 5.03. The van der Waals surface area contributed by atoms with Gasteiger partial charge >= 0.3 is 0 Å². The fourth-order valence-electron chi connectivity index (χ4n) is 3.75. The van der Waals surface area contributed by atoms with E-state index in [0.29, 0.717) is 16.8 Å². The molecule has 3 aromatic carbocycles. The smallest absolute Gasteiger partial charge is 0.276 e. The van der Waals surface area contributed by atoms with Crippen LogP contribution in [0.25, 0.3) is 10.9 Å². The number of aromatic nitrogens is 1. The summed E-state index contributed by atoms with van der Waals surface area (Å²) in [5, 5.41) is 5.72. The van der Waals surface area contributed by atoms with E-state index in [9.17, 15) is 9.59 Å². The second kappa shape index (κ2) is 7.99. The number of halogens is 1. The lowest BCUT2D eigenvalue weighted by Gasteiger charge is -2.38. The number of benzene rings is 3. The van der Waals surface area contributed by atoms with Crippen molar-refractivity contribution in [2.45, 2.75) is 6.17 Å². The minimum absolute atomic E-state index is 0.286. The second-order valence-electron chi connectivity index (χ2n) is 7.11. The zero-order chi connectivity index (χ0) is 21.4. The van der Waals surface area contributed by atoms with E-state index in [-0.39, 0.29) is 11.8 Å². The summed E-state index contributed by atoms with van der Waals surface area (Å²) in [6.45, 7) is 0. The van der Waals surface area contributed by atoms with Gasteiger partial charge in [-0.3, -0.25) is 20.0 Å². The third-order valence-corrected chi connectivity index (χ3v) is 6.17. The highest BCUT2D eigenvalue weighted by Crippen LogP contribution is 2.34. The van der Waals surface area contributed by atoms with E-state index >= 15 is 0 Å². The maximum Gasteiger partial charge on any atom is 0.276 e. The van der Waals surface area contributed by atoms with Crippen LogP contribution in [0.5, 0.6) is 0 Å². The van der Waals surface area contributed by atoms with Crippen molar-refractivity contribution in [3.05, 3.63) is 105 Å². The molecule has 0 radical (unpaired) electrons. The van der Waals surface area contributed by atoms with E-state index < -0.39 is 6.17 Å². The van der Waals surface area contributed by atoms with Gasteiger partial charge in [0.15, 0.2) is 6.17 Å². The van der Waals surface area contributed by atoms with Gasteiger partial charge in [-0.2, -0.15) is 0 Å². The first kappa shape index (κ1) is 19.5. The molecule has 0 saturated carbocycles. The molecule has 2 N–H and O–H groups in total. The predicted octanol–water partition coefficient (Wildman–Crippen LogP) is 4.75. The first-order chi connectivity index (χ1) is 15.1. The highest BCUT2D eigenvalue weighted by atomic mass is 127. The lowest BCUT2D eigenvalue weighted by Crippen LogP contribution is -2.53. The number of hydrogen-bond acceptors (Lipinski definition) is 4. The second-order valence-corrected chi connectivity index (χ2v) is 8.27. The molecule has 2 amide bonds. The average Bonchev–Trinajstić information content (AvgIpc) is 2.80. The third kappa shape index (κ3) is 3.50. The summed E-state index contributed by atoms with van der Waals surface area (Å²) in [5.74, 6) is -0.635. The highest BCUT2D eigenvalue weighted by Gasteiger charge is 2.35. The van der Waals surface area contributed by atoms with E-state index in [1.807, 2.05) is 54.6 Å². The predicted molar refractivity (Wildman–Crippen MR) is 127 cm³/mol. The zero-order valence-corrected chi connectivity index (χ0v) is 18.4. The quantitative estimate of drug-likeness (QED) is 0.383. The van der Waals surface area contributed by atoms with Crippen molar-refractivity contribution >= 4 is 51.0 Å². The van der Waals surface area contributed by atoms with Crippen molar-refractivity contribution in [2.75, 3.05) is 5.32 Å². The van der Waals surface area contributed by atoms with Crippen LogP contribution in [0.4, 0.5) is 5.69 Å². The number of hydrazine groups is 1. The molecular weight excluding hydrogens is 503 g/mol. The molecule has 1 atom stereocenters. The lowest BCUT2D eigenvalue weighted by molar-refractivity contribution is 0.0492. The van der Waals surface area contributed by atoms with Crippen molar-refractivity contribution in [3.63, 3.8) is 0 Å². The first-order valence-electron chi connectivity index (χ1n) is 9.72. The van der Waals surface area contributed by atoms with Gasteiger partial charge in [-0.25, -0.2) is 5.01 Å². The van der Waals surface area contributed by atoms with Gasteiger partial charge in [0, 0.05) is 26.4 Å². The Morgan fingerprint density at radius 3 is 2.61 bits per heavy atom. The number of rotatable bonds is 3. The van der Waals surface area contributed by atoms with Gasteiger partial charge in [0.2, 0.25) is 0 Å². The summed E-state index contributed by atoms with van der Waals surface area (Å²) in [6.07, 6.45) is 1.10. The molecule has 152 valence electrons. The third-order valence-electron chi connectivity index (χ3n) is 5.23. The molecule has 6 nitrogen and oxygen atoms in total. The van der Waals surface area contributed by atoms with E-state index in [4.69, 9.17) is 0 Å². The maximum atomic E-state index is 13.4. The molecule has 4 aromatic rings.